The Kier molecular flexibility index (Phi) is 3.49. The van der Waals surface area contributed by atoms with Crippen LogP contribution in [0.15, 0.2) is 138 Å². The van der Waals surface area contributed by atoms with E-state index in [9.17, 15) is 4.11 Å². The van der Waals surface area contributed by atoms with Crippen LogP contribution in [0.5, 0.6) is 0 Å². The van der Waals surface area contributed by atoms with E-state index < -0.39 is 36.3 Å². The number of para-hydroxylation sites is 3. The third-order valence-electron chi connectivity index (χ3n) is 7.96. The zero-order valence-corrected chi connectivity index (χ0v) is 23.9. The van der Waals surface area contributed by atoms with E-state index >= 15 is 0 Å². The smallest absolute Gasteiger partial charge is 0.238 e. The van der Waals surface area contributed by atoms with E-state index in [-0.39, 0.29) is 83.7 Å². The Morgan fingerprint density at radius 1 is 0.600 bits per heavy atom. The van der Waals surface area contributed by atoms with E-state index in [0.717, 1.165) is 22.1 Å². The van der Waals surface area contributed by atoms with Crippen LogP contribution >= 0.6 is 11.3 Å². The fourth-order valence-corrected chi connectivity index (χ4v) is 7.10. The van der Waals surface area contributed by atoms with Gasteiger partial charge < -0.3 is 4.42 Å². The molecular formula is C39H22N4OS. The summed E-state index contributed by atoms with van der Waals surface area (Å²) in [6.07, 6.45) is 0. The van der Waals surface area contributed by atoms with Crippen molar-refractivity contribution in [1.82, 2.24) is 19.5 Å². The lowest BCUT2D eigenvalue weighted by molar-refractivity contribution is 0.669. The molecule has 0 saturated heterocycles. The standard InChI is InChI=1S/C39H22N4OS/c1-2-11-23(12-3-1)37-40-38(30-17-10-16-28-25-14-5-8-19-32(25)44-35(28)30)42-39(41-37)43-31-18-7-4-13-24(31)27-21-22-29-26-15-6-9-20-33(26)45-36(29)34(27)43/h1-22H/i4D,6D,7D,9D,13D,15D,18D,20D,21D,22D. The lowest BCUT2D eigenvalue weighted by Gasteiger charge is -2.11. The minimum absolute atomic E-state index is 0.0268. The number of hydrogen-bond acceptors (Lipinski definition) is 5. The first kappa shape index (κ1) is 16.9. The van der Waals surface area contributed by atoms with Crippen molar-refractivity contribution in [3.05, 3.63) is 133 Å². The van der Waals surface area contributed by atoms with Crippen LogP contribution in [0.1, 0.15) is 13.7 Å². The van der Waals surface area contributed by atoms with Crippen LogP contribution in [0.25, 0.3) is 92.6 Å². The first-order valence-electron chi connectivity index (χ1n) is 19.1. The van der Waals surface area contributed by atoms with Crippen molar-refractivity contribution >= 4 is 75.3 Å². The fourth-order valence-electron chi connectivity index (χ4n) is 5.99. The molecule has 0 saturated carbocycles. The van der Waals surface area contributed by atoms with Gasteiger partial charge in [0.05, 0.1) is 35.0 Å². The van der Waals surface area contributed by atoms with Crippen molar-refractivity contribution in [2.24, 2.45) is 0 Å². The molecule has 0 bridgehead atoms. The van der Waals surface area contributed by atoms with E-state index in [1.54, 1.807) is 0 Å². The van der Waals surface area contributed by atoms with Crippen molar-refractivity contribution in [3.8, 4) is 28.7 Å². The second kappa shape index (κ2) is 9.32. The van der Waals surface area contributed by atoms with Gasteiger partial charge in [0.25, 0.3) is 0 Å². The summed E-state index contributed by atoms with van der Waals surface area (Å²) in [4.78, 5) is 14.8. The maximum absolute atomic E-state index is 9.34. The van der Waals surface area contributed by atoms with Gasteiger partial charge in [0, 0.05) is 42.6 Å². The molecule has 0 aliphatic heterocycles. The Bertz CT molecular complexity index is 3340. The molecule has 0 N–H and O–H groups in total. The Balaban J connectivity index is 1.44. The van der Waals surface area contributed by atoms with Crippen LogP contribution in [-0.2, 0) is 0 Å². The van der Waals surface area contributed by atoms with Gasteiger partial charge in [0.2, 0.25) is 5.95 Å². The molecule has 5 nitrogen and oxygen atoms in total. The number of benzene rings is 6. The Morgan fingerprint density at radius 2 is 1.36 bits per heavy atom. The number of nitrogens with zero attached hydrogens (tertiary/aromatic N) is 4. The highest BCUT2D eigenvalue weighted by molar-refractivity contribution is 7.26. The minimum Gasteiger partial charge on any atom is -0.455 e. The van der Waals surface area contributed by atoms with Gasteiger partial charge in [-0.3, -0.25) is 4.57 Å². The summed E-state index contributed by atoms with van der Waals surface area (Å²) < 4.78 is 96.7. The van der Waals surface area contributed by atoms with E-state index in [1.807, 2.05) is 72.8 Å². The first-order chi connectivity index (χ1) is 26.5. The van der Waals surface area contributed by atoms with Crippen LogP contribution in [0, 0.1) is 0 Å². The van der Waals surface area contributed by atoms with E-state index in [1.165, 1.54) is 4.57 Å². The molecule has 0 atom stereocenters. The molecule has 0 aliphatic carbocycles. The molecule has 6 aromatic carbocycles. The largest absolute Gasteiger partial charge is 0.455 e. The molecule has 210 valence electrons. The summed E-state index contributed by atoms with van der Waals surface area (Å²) in [5.41, 5.74) is 2.45. The summed E-state index contributed by atoms with van der Waals surface area (Å²) in [6.45, 7) is 0. The number of rotatable bonds is 3. The number of thiophene rings is 1. The maximum atomic E-state index is 9.34. The van der Waals surface area contributed by atoms with Gasteiger partial charge in [-0.2, -0.15) is 9.97 Å². The zero-order chi connectivity index (χ0) is 38.2. The van der Waals surface area contributed by atoms with E-state index in [0.29, 0.717) is 22.3 Å². The van der Waals surface area contributed by atoms with E-state index in [4.69, 9.17) is 29.0 Å². The Morgan fingerprint density at radius 3 is 2.29 bits per heavy atom. The third kappa shape index (κ3) is 3.57. The minimum atomic E-state index is -0.532. The molecule has 45 heavy (non-hydrogen) atoms. The van der Waals surface area contributed by atoms with Gasteiger partial charge >= 0.3 is 0 Å². The highest BCUT2D eigenvalue weighted by atomic mass is 32.1. The fraction of sp³-hybridized carbons (Fsp3) is 0. The number of fused-ring (bicyclic) bond motifs is 10. The van der Waals surface area contributed by atoms with Crippen molar-refractivity contribution in [2.75, 3.05) is 0 Å². The summed E-state index contributed by atoms with van der Waals surface area (Å²) >= 11 is 0.990. The first-order valence-corrected chi connectivity index (χ1v) is 14.9. The van der Waals surface area contributed by atoms with Gasteiger partial charge in [0.1, 0.15) is 11.2 Å². The second-order valence-electron chi connectivity index (χ2n) is 10.5. The average molecular weight is 605 g/mol. The van der Waals surface area contributed by atoms with Crippen LogP contribution in [0.3, 0.4) is 0 Å². The molecular weight excluding hydrogens is 573 g/mol. The quantitative estimate of drug-likeness (QED) is 0.201. The van der Waals surface area contributed by atoms with Gasteiger partial charge in [-0.05, 0) is 24.2 Å². The predicted molar refractivity (Wildman–Crippen MR) is 185 cm³/mol. The SMILES string of the molecule is [2H]c1c([2H])c([2H])c2c(sc3c2c([2H])c([2H])c2c4c([2H])c([2H])c([2H])c([2H])c4n(-c4nc(-c5ccccc5)nc(-c5cccc6c5oc5ccccc56)n4)c32)c1[2H]. The summed E-state index contributed by atoms with van der Waals surface area (Å²) in [5.74, 6) is 0.372. The summed E-state index contributed by atoms with van der Waals surface area (Å²) in [5, 5.41) is 1.89. The molecule has 10 aromatic rings. The topological polar surface area (TPSA) is 56.7 Å². The number of hydrogen-bond donors (Lipinski definition) is 0. The Labute approximate surface area is 274 Å². The maximum Gasteiger partial charge on any atom is 0.238 e. The van der Waals surface area contributed by atoms with Crippen molar-refractivity contribution in [1.29, 1.82) is 0 Å². The van der Waals surface area contributed by atoms with Gasteiger partial charge in [-0.25, -0.2) is 4.98 Å². The van der Waals surface area contributed by atoms with Gasteiger partial charge in [-0.15, -0.1) is 11.3 Å². The van der Waals surface area contributed by atoms with Crippen LogP contribution in [0.2, 0.25) is 0 Å². The monoisotopic (exact) mass is 604 g/mol. The molecule has 4 heterocycles. The van der Waals surface area contributed by atoms with Crippen molar-refractivity contribution < 1.29 is 18.1 Å². The molecule has 0 amide bonds. The summed E-state index contributed by atoms with van der Waals surface area (Å²) in [7, 11) is 0. The molecule has 10 rings (SSSR count). The normalized spacial score (nSPS) is 15.1. The van der Waals surface area contributed by atoms with Gasteiger partial charge in [-0.1, -0.05) is 109 Å². The van der Waals surface area contributed by atoms with Crippen LogP contribution < -0.4 is 0 Å². The highest BCUT2D eigenvalue weighted by Gasteiger charge is 2.22. The van der Waals surface area contributed by atoms with Crippen molar-refractivity contribution in [3.63, 3.8) is 0 Å². The lowest BCUT2D eigenvalue weighted by Crippen LogP contribution is -2.06. The molecule has 0 spiro atoms. The number of aromatic nitrogens is 4. The molecule has 4 aromatic heterocycles. The van der Waals surface area contributed by atoms with Gasteiger partial charge in [0.15, 0.2) is 11.6 Å². The highest BCUT2D eigenvalue weighted by Crippen LogP contribution is 2.43. The third-order valence-corrected chi connectivity index (χ3v) is 9.08. The molecule has 0 radical (unpaired) electrons. The lowest BCUT2D eigenvalue weighted by atomic mass is 10.1. The molecule has 0 fully saturated rings. The predicted octanol–water partition coefficient (Wildman–Crippen LogP) is 10.6. The molecule has 6 heteroatoms. The van der Waals surface area contributed by atoms with Crippen molar-refractivity contribution in [2.45, 2.75) is 0 Å². The second-order valence-corrected chi connectivity index (χ2v) is 11.5. The molecule has 0 unspecified atom stereocenters. The average Bonchev–Trinajstić information content (AvgIpc) is 3.90. The zero-order valence-electron chi connectivity index (χ0n) is 33.0. The van der Waals surface area contributed by atoms with Crippen LogP contribution in [-0.4, -0.2) is 19.5 Å². The van der Waals surface area contributed by atoms with Crippen LogP contribution in [0.4, 0.5) is 0 Å². The van der Waals surface area contributed by atoms with E-state index in [2.05, 4.69) is 0 Å². The number of furan rings is 1. The Hall–Kier alpha value is -5.85. The molecule has 0 aliphatic rings. The summed E-state index contributed by atoms with van der Waals surface area (Å²) in [6, 6.07) is 18.1.